The number of rotatable bonds is 9. The topological polar surface area (TPSA) is 95.6 Å². The van der Waals surface area contributed by atoms with Crippen LogP contribution in [0.15, 0.2) is 60.9 Å². The first kappa shape index (κ1) is 28.9. The minimum atomic E-state index is -0.405. The molecule has 1 aliphatic carbocycles. The smallest absolute Gasteiger partial charge is 0.212 e. The average Bonchev–Trinajstić information content (AvgIpc) is 3.66. The number of hydrogen-bond donors (Lipinski definition) is 4. The van der Waals surface area contributed by atoms with Crippen LogP contribution in [0.5, 0.6) is 5.75 Å². The normalized spacial score (nSPS) is 19.0. The summed E-state index contributed by atoms with van der Waals surface area (Å²) in [7, 11) is 0. The standard InChI is InChI=1S/C37H38FN7OS/c1-20(2)16-39-19-34-41-17-28(43-34)23-13-25(38)35-30-14-24-12-22(27-18-42-36(44-27)26-4-3-11-40-26)7-8-29(24)45(30)37(46-31(35)15-23)33-10-9-32(47-33)21-5-6-21/h7-10,12-15,17-18,20-21,26,37,39-40H,3-6,11,16,19H2,1-2H3,(H,41,43)(H,42,44). The summed E-state index contributed by atoms with van der Waals surface area (Å²) >= 11 is 1.81. The van der Waals surface area contributed by atoms with Crippen LogP contribution in [0.1, 0.15) is 79.1 Å². The highest BCUT2D eigenvalue weighted by molar-refractivity contribution is 7.12. The van der Waals surface area contributed by atoms with Crippen molar-refractivity contribution in [3.8, 4) is 39.5 Å². The van der Waals surface area contributed by atoms with E-state index in [0.717, 1.165) is 76.0 Å². The van der Waals surface area contributed by atoms with Crippen LogP contribution < -0.4 is 15.4 Å². The summed E-state index contributed by atoms with van der Waals surface area (Å²) in [6, 6.07) is 16.8. The number of H-pyrrole nitrogens is 2. The second-order valence-corrected chi connectivity index (χ2v) is 14.7. The number of thiophene rings is 1. The van der Waals surface area contributed by atoms with E-state index in [1.165, 1.54) is 17.7 Å². The number of ether oxygens (including phenoxy) is 1. The Morgan fingerprint density at radius 2 is 1.83 bits per heavy atom. The first-order chi connectivity index (χ1) is 23.0. The molecule has 2 fully saturated rings. The molecule has 47 heavy (non-hydrogen) atoms. The lowest BCUT2D eigenvalue weighted by atomic mass is 10.0. The van der Waals surface area contributed by atoms with Gasteiger partial charge in [0.25, 0.3) is 0 Å². The molecule has 2 atom stereocenters. The zero-order valence-corrected chi connectivity index (χ0v) is 27.4. The summed E-state index contributed by atoms with van der Waals surface area (Å²) in [5.74, 6) is 3.23. The number of fused-ring (bicyclic) bond motifs is 5. The predicted octanol–water partition coefficient (Wildman–Crippen LogP) is 8.28. The Bertz CT molecular complexity index is 2090. The van der Waals surface area contributed by atoms with Gasteiger partial charge in [-0.2, -0.15) is 0 Å². The molecule has 6 aromatic rings. The Hall–Kier alpha value is -4.25. The Morgan fingerprint density at radius 1 is 0.979 bits per heavy atom. The third-order valence-corrected chi connectivity index (χ3v) is 10.9. The van der Waals surface area contributed by atoms with Crippen LogP contribution in [-0.4, -0.2) is 37.6 Å². The first-order valence-corrected chi connectivity index (χ1v) is 17.6. The lowest BCUT2D eigenvalue weighted by Gasteiger charge is -2.30. The van der Waals surface area contributed by atoms with Gasteiger partial charge in [-0.05, 0) is 93.1 Å². The number of benzene rings is 2. The molecule has 9 rings (SSSR count). The summed E-state index contributed by atoms with van der Waals surface area (Å²) in [4.78, 5) is 18.7. The number of aromatic nitrogens is 5. The van der Waals surface area contributed by atoms with Crippen molar-refractivity contribution in [1.82, 2.24) is 35.1 Å². The van der Waals surface area contributed by atoms with Crippen LogP contribution in [0.2, 0.25) is 0 Å². The summed E-state index contributed by atoms with van der Waals surface area (Å²) in [6.45, 7) is 6.91. The van der Waals surface area contributed by atoms with Gasteiger partial charge >= 0.3 is 0 Å². The molecule has 0 bridgehead atoms. The minimum absolute atomic E-state index is 0.276. The third-order valence-electron chi connectivity index (χ3n) is 9.57. The van der Waals surface area contributed by atoms with E-state index in [9.17, 15) is 0 Å². The SMILES string of the molecule is CC(C)CNCc1ncc(-c2cc(F)c3c(c2)OC(c2ccc(C4CC4)s2)n2c-3cc3cc(-c4cnc(C5CCCN5)[nH]4)ccc32)[nH]1. The van der Waals surface area contributed by atoms with E-state index >= 15 is 4.39 Å². The van der Waals surface area contributed by atoms with Gasteiger partial charge in [-0.1, -0.05) is 19.9 Å². The molecule has 3 aliphatic rings. The second-order valence-electron chi connectivity index (χ2n) is 13.6. The van der Waals surface area contributed by atoms with Gasteiger partial charge in [0.2, 0.25) is 6.23 Å². The van der Waals surface area contributed by atoms with E-state index in [4.69, 9.17) is 4.74 Å². The molecule has 0 radical (unpaired) electrons. The van der Waals surface area contributed by atoms with Gasteiger partial charge in [0.05, 0.1) is 58.0 Å². The van der Waals surface area contributed by atoms with Crippen LogP contribution in [0, 0.1) is 11.7 Å². The van der Waals surface area contributed by atoms with Gasteiger partial charge in [-0.25, -0.2) is 14.4 Å². The molecule has 1 saturated heterocycles. The van der Waals surface area contributed by atoms with Crippen molar-refractivity contribution in [3.05, 3.63) is 88.1 Å². The Morgan fingerprint density at radius 3 is 2.66 bits per heavy atom. The quantitative estimate of drug-likeness (QED) is 0.127. The van der Waals surface area contributed by atoms with Crippen molar-refractivity contribution in [2.75, 3.05) is 13.1 Å². The predicted molar refractivity (Wildman–Crippen MR) is 184 cm³/mol. The molecule has 4 aromatic heterocycles. The van der Waals surface area contributed by atoms with Crippen LogP contribution >= 0.6 is 11.3 Å². The van der Waals surface area contributed by atoms with E-state index in [1.54, 1.807) is 12.3 Å². The molecule has 2 aromatic carbocycles. The van der Waals surface area contributed by atoms with Gasteiger partial charge in [0.15, 0.2) is 0 Å². The van der Waals surface area contributed by atoms with E-state index < -0.39 is 6.23 Å². The number of hydrogen-bond acceptors (Lipinski definition) is 6. The number of nitrogens with zero attached hydrogens (tertiary/aromatic N) is 3. The summed E-state index contributed by atoms with van der Waals surface area (Å²) in [6.07, 6.45) is 8.03. The molecular formula is C37H38FN7OS. The number of aromatic amines is 2. The second kappa shape index (κ2) is 11.5. The summed E-state index contributed by atoms with van der Waals surface area (Å²) in [5, 5.41) is 7.97. The lowest BCUT2D eigenvalue weighted by molar-refractivity contribution is 0.176. The summed E-state index contributed by atoms with van der Waals surface area (Å²) < 4.78 is 25.3. The van der Waals surface area contributed by atoms with Gasteiger partial charge in [-0.15, -0.1) is 11.3 Å². The molecule has 8 nitrogen and oxygen atoms in total. The third kappa shape index (κ3) is 5.28. The maximum absolute atomic E-state index is 16.3. The maximum Gasteiger partial charge on any atom is 0.212 e. The Balaban J connectivity index is 1.12. The molecule has 6 heterocycles. The van der Waals surface area contributed by atoms with Crippen molar-refractivity contribution >= 4 is 22.2 Å². The number of nitrogens with one attached hydrogen (secondary N) is 4. The highest BCUT2D eigenvalue weighted by Crippen LogP contribution is 2.50. The fourth-order valence-corrected chi connectivity index (χ4v) is 8.23. The van der Waals surface area contributed by atoms with Crippen LogP contribution in [0.3, 0.4) is 0 Å². The molecule has 0 amide bonds. The average molecular weight is 648 g/mol. The van der Waals surface area contributed by atoms with E-state index in [0.29, 0.717) is 35.3 Å². The van der Waals surface area contributed by atoms with Crippen molar-refractivity contribution in [3.63, 3.8) is 0 Å². The molecule has 4 N–H and O–H groups in total. The van der Waals surface area contributed by atoms with Gasteiger partial charge in [0.1, 0.15) is 23.2 Å². The highest BCUT2D eigenvalue weighted by atomic mass is 32.1. The number of halogens is 1. The molecule has 10 heteroatoms. The fourth-order valence-electron chi connectivity index (χ4n) is 7.03. The maximum atomic E-state index is 16.3. The van der Waals surface area contributed by atoms with Gasteiger partial charge in [0, 0.05) is 21.4 Å². The number of imidazole rings is 2. The molecule has 240 valence electrons. The Kier molecular flexibility index (Phi) is 7.06. The monoisotopic (exact) mass is 647 g/mol. The zero-order chi connectivity index (χ0) is 31.6. The minimum Gasteiger partial charge on any atom is -0.464 e. The largest absolute Gasteiger partial charge is 0.464 e. The molecule has 2 unspecified atom stereocenters. The molecule has 2 aliphatic heterocycles. The molecule has 0 spiro atoms. The fraction of sp³-hybridized carbons (Fsp3) is 0.351. The molecule has 1 saturated carbocycles. The highest BCUT2D eigenvalue weighted by Gasteiger charge is 2.34. The molecular weight excluding hydrogens is 610 g/mol. The van der Waals surface area contributed by atoms with Gasteiger partial charge in [-0.3, -0.25) is 4.57 Å². The zero-order valence-electron chi connectivity index (χ0n) is 26.6. The lowest BCUT2D eigenvalue weighted by Crippen LogP contribution is -2.22. The first-order valence-electron chi connectivity index (χ1n) is 16.8. The van der Waals surface area contributed by atoms with Crippen molar-refractivity contribution < 1.29 is 9.13 Å². The van der Waals surface area contributed by atoms with Gasteiger partial charge < -0.3 is 25.3 Å². The van der Waals surface area contributed by atoms with Crippen molar-refractivity contribution in [2.45, 2.75) is 64.3 Å². The summed E-state index contributed by atoms with van der Waals surface area (Å²) in [5.41, 5.74) is 5.82. The van der Waals surface area contributed by atoms with E-state index in [-0.39, 0.29) is 11.9 Å². The van der Waals surface area contributed by atoms with Crippen molar-refractivity contribution in [1.29, 1.82) is 0 Å². The van der Waals surface area contributed by atoms with Crippen LogP contribution in [0.25, 0.3) is 44.7 Å². The van der Waals surface area contributed by atoms with E-state index in [2.05, 4.69) is 85.4 Å². The van der Waals surface area contributed by atoms with E-state index in [1.807, 2.05) is 23.6 Å². The van der Waals surface area contributed by atoms with Crippen LogP contribution in [-0.2, 0) is 6.54 Å². The van der Waals surface area contributed by atoms with Crippen molar-refractivity contribution in [2.24, 2.45) is 5.92 Å². The van der Waals surface area contributed by atoms with Crippen LogP contribution in [0.4, 0.5) is 4.39 Å². The Labute approximate surface area is 276 Å².